The SMILES string of the molecule is O[C@H]1[C@@H]2O[C@@H]2c2ccc3cc4ccccc4cc3c2[C@@H]1O. The number of aliphatic hydroxyl groups excluding tert-OH is 2. The Morgan fingerprint density at radius 2 is 1.62 bits per heavy atom. The average molecular weight is 278 g/mol. The molecule has 3 nitrogen and oxygen atoms in total. The third kappa shape index (κ3) is 1.48. The van der Waals surface area contributed by atoms with Crippen molar-refractivity contribution in [3.63, 3.8) is 0 Å². The predicted molar refractivity (Wildman–Crippen MR) is 80.0 cm³/mol. The van der Waals surface area contributed by atoms with Crippen LogP contribution >= 0.6 is 0 Å². The van der Waals surface area contributed by atoms with Gasteiger partial charge in [0.15, 0.2) is 0 Å². The number of fused-ring (bicyclic) bond motifs is 6. The van der Waals surface area contributed by atoms with Crippen molar-refractivity contribution in [2.45, 2.75) is 24.4 Å². The van der Waals surface area contributed by atoms with E-state index >= 15 is 0 Å². The van der Waals surface area contributed by atoms with Gasteiger partial charge in [0.25, 0.3) is 0 Å². The molecule has 21 heavy (non-hydrogen) atoms. The van der Waals surface area contributed by atoms with Crippen molar-refractivity contribution in [1.29, 1.82) is 0 Å². The Morgan fingerprint density at radius 1 is 0.857 bits per heavy atom. The van der Waals surface area contributed by atoms with Gasteiger partial charge in [-0.05, 0) is 44.8 Å². The van der Waals surface area contributed by atoms with E-state index in [1.807, 2.05) is 18.2 Å². The Balaban J connectivity index is 1.88. The highest BCUT2D eigenvalue weighted by molar-refractivity contribution is 6.00. The highest BCUT2D eigenvalue weighted by Gasteiger charge is 2.54. The first-order chi connectivity index (χ1) is 10.2. The molecule has 3 aromatic carbocycles. The summed E-state index contributed by atoms with van der Waals surface area (Å²) in [4.78, 5) is 0. The smallest absolute Gasteiger partial charge is 0.118 e. The third-order valence-electron chi connectivity index (χ3n) is 4.75. The number of epoxide rings is 1. The highest BCUT2D eigenvalue weighted by atomic mass is 16.6. The van der Waals surface area contributed by atoms with Gasteiger partial charge >= 0.3 is 0 Å². The molecule has 0 unspecified atom stereocenters. The van der Waals surface area contributed by atoms with Crippen LogP contribution in [0.15, 0.2) is 48.5 Å². The molecule has 2 aliphatic rings. The van der Waals surface area contributed by atoms with Gasteiger partial charge in [0, 0.05) is 0 Å². The Bertz CT molecular complexity index is 886. The fraction of sp³-hybridized carbons (Fsp3) is 0.222. The van der Waals surface area contributed by atoms with Crippen LogP contribution in [-0.4, -0.2) is 22.4 Å². The van der Waals surface area contributed by atoms with Crippen molar-refractivity contribution in [2.24, 2.45) is 0 Å². The molecule has 104 valence electrons. The lowest BCUT2D eigenvalue weighted by molar-refractivity contribution is 0.000831. The molecule has 5 rings (SSSR count). The normalized spacial score (nSPS) is 30.2. The van der Waals surface area contributed by atoms with E-state index in [-0.39, 0.29) is 12.2 Å². The van der Waals surface area contributed by atoms with Gasteiger partial charge in [0.05, 0.1) is 0 Å². The molecule has 1 heterocycles. The minimum absolute atomic E-state index is 0.0609. The summed E-state index contributed by atoms with van der Waals surface area (Å²) in [6, 6.07) is 16.5. The Morgan fingerprint density at radius 3 is 2.43 bits per heavy atom. The van der Waals surface area contributed by atoms with Gasteiger partial charge in [-0.2, -0.15) is 0 Å². The van der Waals surface area contributed by atoms with E-state index < -0.39 is 12.2 Å². The number of hydrogen-bond donors (Lipinski definition) is 2. The van der Waals surface area contributed by atoms with Crippen LogP contribution in [0.4, 0.5) is 0 Å². The Kier molecular flexibility index (Phi) is 2.13. The van der Waals surface area contributed by atoms with Crippen LogP contribution < -0.4 is 0 Å². The minimum Gasteiger partial charge on any atom is -0.387 e. The molecule has 0 radical (unpaired) electrons. The molecular weight excluding hydrogens is 264 g/mol. The van der Waals surface area contributed by atoms with E-state index in [9.17, 15) is 10.2 Å². The van der Waals surface area contributed by atoms with Crippen molar-refractivity contribution >= 4 is 21.5 Å². The van der Waals surface area contributed by atoms with E-state index in [4.69, 9.17) is 4.74 Å². The van der Waals surface area contributed by atoms with Gasteiger partial charge in [0.1, 0.15) is 24.4 Å². The lowest BCUT2D eigenvalue weighted by Crippen LogP contribution is -2.29. The van der Waals surface area contributed by atoms with Crippen LogP contribution in [0.2, 0.25) is 0 Å². The summed E-state index contributed by atoms with van der Waals surface area (Å²) in [6.07, 6.45) is -2.02. The van der Waals surface area contributed by atoms with Crippen LogP contribution in [0.1, 0.15) is 23.3 Å². The minimum atomic E-state index is -0.881. The molecule has 3 heteroatoms. The monoisotopic (exact) mass is 278 g/mol. The van der Waals surface area contributed by atoms with Gasteiger partial charge in [-0.25, -0.2) is 0 Å². The van der Waals surface area contributed by atoms with Crippen molar-refractivity contribution in [1.82, 2.24) is 0 Å². The molecule has 1 aliphatic heterocycles. The molecule has 1 aliphatic carbocycles. The fourth-order valence-electron chi connectivity index (χ4n) is 3.62. The van der Waals surface area contributed by atoms with Crippen LogP contribution in [0.25, 0.3) is 21.5 Å². The van der Waals surface area contributed by atoms with Crippen molar-refractivity contribution in [2.75, 3.05) is 0 Å². The molecule has 0 aromatic heterocycles. The number of aliphatic hydroxyl groups is 2. The summed E-state index contributed by atoms with van der Waals surface area (Å²) < 4.78 is 5.51. The first kappa shape index (κ1) is 11.7. The summed E-state index contributed by atoms with van der Waals surface area (Å²) in [6.45, 7) is 0. The summed E-state index contributed by atoms with van der Waals surface area (Å²) in [7, 11) is 0. The van der Waals surface area contributed by atoms with Gasteiger partial charge in [-0.3, -0.25) is 0 Å². The topological polar surface area (TPSA) is 53.0 Å². The van der Waals surface area contributed by atoms with Crippen LogP contribution in [-0.2, 0) is 4.74 Å². The highest BCUT2D eigenvalue weighted by Crippen LogP contribution is 2.52. The van der Waals surface area contributed by atoms with Gasteiger partial charge in [0.2, 0.25) is 0 Å². The molecule has 3 aromatic rings. The number of benzene rings is 3. The van der Waals surface area contributed by atoms with Crippen molar-refractivity contribution < 1.29 is 14.9 Å². The van der Waals surface area contributed by atoms with E-state index in [0.717, 1.165) is 27.3 Å². The summed E-state index contributed by atoms with van der Waals surface area (Å²) in [5, 5.41) is 25.0. The van der Waals surface area contributed by atoms with Crippen molar-refractivity contribution in [3.8, 4) is 0 Å². The molecule has 1 saturated heterocycles. The van der Waals surface area contributed by atoms with Gasteiger partial charge < -0.3 is 14.9 Å². The first-order valence-corrected chi connectivity index (χ1v) is 7.21. The second-order valence-electron chi connectivity index (χ2n) is 5.95. The zero-order chi connectivity index (χ0) is 14.1. The molecule has 0 saturated carbocycles. The molecule has 0 bridgehead atoms. The summed E-state index contributed by atoms with van der Waals surface area (Å²) >= 11 is 0. The van der Waals surface area contributed by atoms with Gasteiger partial charge in [-0.1, -0.05) is 36.4 Å². The second kappa shape index (κ2) is 3.83. The molecule has 0 amide bonds. The second-order valence-corrected chi connectivity index (χ2v) is 5.95. The van der Waals surface area contributed by atoms with Crippen LogP contribution in [0.5, 0.6) is 0 Å². The summed E-state index contributed by atoms with van der Waals surface area (Å²) in [5.74, 6) is 0. The lowest BCUT2D eigenvalue weighted by atomic mass is 9.83. The first-order valence-electron chi connectivity index (χ1n) is 7.21. The molecular formula is C18H14O3. The number of ether oxygens (including phenoxy) is 1. The zero-order valence-corrected chi connectivity index (χ0v) is 11.2. The molecule has 0 spiro atoms. The van der Waals surface area contributed by atoms with Gasteiger partial charge in [-0.15, -0.1) is 0 Å². The largest absolute Gasteiger partial charge is 0.387 e. The average Bonchev–Trinajstić information content (AvgIpc) is 3.30. The van der Waals surface area contributed by atoms with E-state index in [1.54, 1.807) is 0 Å². The van der Waals surface area contributed by atoms with Crippen LogP contribution in [0.3, 0.4) is 0 Å². The summed E-state index contributed by atoms with van der Waals surface area (Å²) in [5.41, 5.74) is 1.84. The Hall–Kier alpha value is -1.94. The maximum absolute atomic E-state index is 10.5. The van der Waals surface area contributed by atoms with E-state index in [0.29, 0.717) is 0 Å². The van der Waals surface area contributed by atoms with Crippen molar-refractivity contribution in [3.05, 3.63) is 59.7 Å². The van der Waals surface area contributed by atoms with E-state index in [1.165, 1.54) is 5.39 Å². The fourth-order valence-corrected chi connectivity index (χ4v) is 3.62. The zero-order valence-electron chi connectivity index (χ0n) is 11.2. The Labute approximate surface area is 121 Å². The quantitative estimate of drug-likeness (QED) is 0.491. The molecule has 4 atom stereocenters. The maximum atomic E-state index is 10.5. The number of hydrogen-bond acceptors (Lipinski definition) is 3. The standard InChI is InChI=1S/C18H14O3/c19-15-14-12(17-18(21-17)16(15)20)6-5-11-7-9-3-1-2-4-10(9)8-13(11)14/h1-8,15-20H/t15-,16+,17+,18-/m0/s1. The molecule has 1 fully saturated rings. The molecule has 2 N–H and O–H groups in total. The third-order valence-corrected chi connectivity index (χ3v) is 4.75. The maximum Gasteiger partial charge on any atom is 0.118 e. The predicted octanol–water partition coefficient (Wildman–Crippen LogP) is 2.84. The lowest BCUT2D eigenvalue weighted by Gasteiger charge is -2.25. The van der Waals surface area contributed by atoms with E-state index in [2.05, 4.69) is 30.3 Å². The number of rotatable bonds is 0. The van der Waals surface area contributed by atoms with Crippen LogP contribution in [0, 0.1) is 0 Å².